The van der Waals surface area contributed by atoms with Crippen LogP contribution in [0.25, 0.3) is 22.3 Å². The minimum absolute atomic E-state index is 0.0379. The second-order valence-electron chi connectivity index (χ2n) is 7.34. The van der Waals surface area contributed by atoms with Crippen LogP contribution in [0.15, 0.2) is 88.1 Å². The van der Waals surface area contributed by atoms with Crippen molar-refractivity contribution in [3.63, 3.8) is 0 Å². The lowest BCUT2D eigenvalue weighted by atomic mass is 10.1. The highest BCUT2D eigenvalue weighted by Gasteiger charge is 2.13. The summed E-state index contributed by atoms with van der Waals surface area (Å²) in [6, 6.07) is 22.9. The van der Waals surface area contributed by atoms with Gasteiger partial charge in [0.2, 0.25) is 0 Å². The normalized spacial score (nSPS) is 11.4. The van der Waals surface area contributed by atoms with Gasteiger partial charge in [-0.2, -0.15) is 0 Å². The van der Waals surface area contributed by atoms with Gasteiger partial charge in [0.15, 0.2) is 11.5 Å². The van der Waals surface area contributed by atoms with Gasteiger partial charge >= 0.3 is 5.97 Å². The number of carbonyl (C=O) groups is 1. The maximum atomic E-state index is 12.5. The molecule has 2 N–H and O–H groups in total. The molecule has 0 amide bonds. The lowest BCUT2D eigenvalue weighted by molar-refractivity contribution is -0.146. The van der Waals surface area contributed by atoms with Gasteiger partial charge in [0.25, 0.3) is 0 Å². The van der Waals surface area contributed by atoms with Crippen LogP contribution in [0.4, 0.5) is 0 Å². The van der Waals surface area contributed by atoms with Crippen molar-refractivity contribution in [2.75, 3.05) is 6.61 Å². The first kappa shape index (κ1) is 21.9. The standard InChI is InChI=1S/C27H20O6/c28-23-17-25(20-6-2-1-3-7-20)33-26-16-21(12-13-22(23)26)32-14-4-5-18-8-10-19(11-9-18)15-24(29)27(30)31/h1-3,6-13,16-17,24,29H,14-15H2,(H,30,31). The number of hydrogen-bond donors (Lipinski definition) is 2. The molecule has 1 unspecified atom stereocenters. The molecular formula is C27H20O6. The minimum atomic E-state index is -1.43. The van der Waals surface area contributed by atoms with Crippen molar-refractivity contribution in [1.82, 2.24) is 0 Å². The first-order chi connectivity index (χ1) is 16.0. The van der Waals surface area contributed by atoms with Gasteiger partial charge in [-0.05, 0) is 29.8 Å². The number of carboxylic acids is 1. The fourth-order valence-electron chi connectivity index (χ4n) is 3.26. The number of carboxylic acid groups (broad SMARTS) is 1. The van der Waals surface area contributed by atoms with E-state index in [1.165, 1.54) is 6.07 Å². The van der Waals surface area contributed by atoms with Crippen LogP contribution < -0.4 is 10.2 Å². The number of benzene rings is 3. The van der Waals surface area contributed by atoms with Crippen molar-refractivity contribution in [3.05, 3.63) is 100 Å². The van der Waals surface area contributed by atoms with E-state index in [2.05, 4.69) is 11.8 Å². The molecule has 1 atom stereocenters. The van der Waals surface area contributed by atoms with Gasteiger partial charge in [-0.25, -0.2) is 4.79 Å². The first-order valence-electron chi connectivity index (χ1n) is 10.2. The second kappa shape index (κ2) is 9.86. The fourth-order valence-corrected chi connectivity index (χ4v) is 3.26. The summed E-state index contributed by atoms with van der Waals surface area (Å²) in [5, 5.41) is 18.7. The number of aliphatic carboxylic acids is 1. The number of hydrogen-bond acceptors (Lipinski definition) is 5. The third-order valence-corrected chi connectivity index (χ3v) is 4.97. The van der Waals surface area contributed by atoms with E-state index in [9.17, 15) is 14.7 Å². The molecule has 0 aliphatic heterocycles. The van der Waals surface area contributed by atoms with Crippen LogP contribution in [0, 0.1) is 11.8 Å². The molecule has 1 aromatic heterocycles. The van der Waals surface area contributed by atoms with Gasteiger partial charge in [-0.1, -0.05) is 54.3 Å². The first-order valence-corrected chi connectivity index (χ1v) is 10.2. The zero-order chi connectivity index (χ0) is 23.2. The average Bonchev–Trinajstić information content (AvgIpc) is 2.83. The summed E-state index contributed by atoms with van der Waals surface area (Å²) in [5.41, 5.74) is 2.58. The van der Waals surface area contributed by atoms with Gasteiger partial charge in [0.05, 0.1) is 5.39 Å². The van der Waals surface area contributed by atoms with Gasteiger partial charge in [0.1, 0.15) is 23.7 Å². The third-order valence-electron chi connectivity index (χ3n) is 4.97. The average molecular weight is 440 g/mol. The number of aliphatic hydroxyl groups excluding tert-OH is 1. The zero-order valence-corrected chi connectivity index (χ0v) is 17.5. The van der Waals surface area contributed by atoms with Crippen molar-refractivity contribution >= 4 is 16.9 Å². The van der Waals surface area contributed by atoms with Crippen LogP contribution in [0.3, 0.4) is 0 Å². The van der Waals surface area contributed by atoms with E-state index in [0.717, 1.165) is 11.1 Å². The minimum Gasteiger partial charge on any atom is -0.481 e. The molecule has 0 radical (unpaired) electrons. The van der Waals surface area contributed by atoms with E-state index < -0.39 is 12.1 Å². The molecule has 0 saturated heterocycles. The highest BCUT2D eigenvalue weighted by molar-refractivity contribution is 5.80. The molecule has 6 heteroatoms. The zero-order valence-electron chi connectivity index (χ0n) is 17.5. The highest BCUT2D eigenvalue weighted by atomic mass is 16.5. The van der Waals surface area contributed by atoms with Crippen LogP contribution in [-0.2, 0) is 11.2 Å². The lowest BCUT2D eigenvalue weighted by Crippen LogP contribution is -2.21. The van der Waals surface area contributed by atoms with E-state index in [4.69, 9.17) is 14.3 Å². The summed E-state index contributed by atoms with van der Waals surface area (Å²) in [4.78, 5) is 23.2. The molecule has 4 rings (SSSR count). The van der Waals surface area contributed by atoms with Gasteiger partial charge in [-0.3, -0.25) is 4.79 Å². The van der Waals surface area contributed by atoms with E-state index >= 15 is 0 Å². The summed E-state index contributed by atoms with van der Waals surface area (Å²) in [6.07, 6.45) is -1.39. The summed E-state index contributed by atoms with van der Waals surface area (Å²) in [5.74, 6) is 5.66. The predicted molar refractivity (Wildman–Crippen MR) is 124 cm³/mol. The molecular weight excluding hydrogens is 420 g/mol. The van der Waals surface area contributed by atoms with Crippen LogP contribution in [0.1, 0.15) is 11.1 Å². The number of aliphatic hydroxyl groups is 1. The Hall–Kier alpha value is -4.34. The quantitative estimate of drug-likeness (QED) is 0.442. The number of rotatable bonds is 6. The van der Waals surface area contributed by atoms with Crippen molar-refractivity contribution in [3.8, 4) is 28.9 Å². The monoisotopic (exact) mass is 440 g/mol. The van der Waals surface area contributed by atoms with Crippen molar-refractivity contribution in [2.24, 2.45) is 0 Å². The lowest BCUT2D eigenvalue weighted by Gasteiger charge is -2.06. The van der Waals surface area contributed by atoms with E-state index in [0.29, 0.717) is 28.0 Å². The smallest absolute Gasteiger partial charge is 0.332 e. The predicted octanol–water partition coefficient (Wildman–Crippen LogP) is 3.88. The molecule has 0 saturated carbocycles. The maximum Gasteiger partial charge on any atom is 0.332 e. The SMILES string of the molecule is O=C(O)C(O)Cc1ccc(C#CCOc2ccc3c(=O)cc(-c4ccccc4)oc3c2)cc1. The fraction of sp³-hybridized carbons (Fsp3) is 0.111. The molecule has 33 heavy (non-hydrogen) atoms. The molecule has 1 heterocycles. The van der Waals surface area contributed by atoms with E-state index in [1.807, 2.05) is 30.3 Å². The Balaban J connectivity index is 1.43. The Kier molecular flexibility index (Phi) is 6.53. The van der Waals surface area contributed by atoms with Crippen molar-refractivity contribution in [1.29, 1.82) is 0 Å². The molecule has 0 spiro atoms. The Morgan fingerprint density at radius 2 is 1.76 bits per heavy atom. The molecule has 0 aliphatic carbocycles. The molecule has 164 valence electrons. The van der Waals surface area contributed by atoms with Crippen LogP contribution in [0.2, 0.25) is 0 Å². The topological polar surface area (TPSA) is 97.0 Å². The van der Waals surface area contributed by atoms with Crippen LogP contribution in [-0.4, -0.2) is 28.9 Å². The largest absolute Gasteiger partial charge is 0.481 e. The number of ether oxygens (including phenoxy) is 1. The second-order valence-corrected chi connectivity index (χ2v) is 7.34. The van der Waals surface area contributed by atoms with E-state index in [-0.39, 0.29) is 18.5 Å². The maximum absolute atomic E-state index is 12.5. The van der Waals surface area contributed by atoms with Gasteiger partial charge < -0.3 is 19.4 Å². The molecule has 3 aromatic carbocycles. The molecule has 0 aliphatic rings. The Bertz CT molecular complexity index is 1390. The van der Waals surface area contributed by atoms with Crippen LogP contribution in [0.5, 0.6) is 5.75 Å². The summed E-state index contributed by atoms with van der Waals surface area (Å²) >= 11 is 0. The Labute approximate surface area is 189 Å². The van der Waals surface area contributed by atoms with E-state index in [1.54, 1.807) is 42.5 Å². The van der Waals surface area contributed by atoms with Crippen molar-refractivity contribution in [2.45, 2.75) is 12.5 Å². The number of fused-ring (bicyclic) bond motifs is 1. The highest BCUT2D eigenvalue weighted by Crippen LogP contribution is 2.24. The van der Waals surface area contributed by atoms with Gasteiger partial charge in [0, 0.05) is 29.7 Å². The van der Waals surface area contributed by atoms with Crippen LogP contribution >= 0.6 is 0 Å². The summed E-state index contributed by atoms with van der Waals surface area (Å²) in [7, 11) is 0. The Morgan fingerprint density at radius 3 is 2.48 bits per heavy atom. The summed E-state index contributed by atoms with van der Waals surface area (Å²) < 4.78 is 11.6. The van der Waals surface area contributed by atoms with Crippen molar-refractivity contribution < 1.29 is 24.2 Å². The molecule has 6 nitrogen and oxygen atoms in total. The molecule has 0 fully saturated rings. The summed E-state index contributed by atoms with van der Waals surface area (Å²) in [6.45, 7) is 0.133. The van der Waals surface area contributed by atoms with Gasteiger partial charge in [-0.15, -0.1) is 0 Å². The Morgan fingerprint density at radius 1 is 1.00 bits per heavy atom. The molecule has 4 aromatic rings. The molecule has 0 bridgehead atoms. The third kappa shape index (κ3) is 5.48.